The molecule has 5 heteroatoms. The summed E-state index contributed by atoms with van der Waals surface area (Å²) in [6, 6.07) is 9.67. The fraction of sp³-hybridized carbons (Fsp3) is 0.478. The normalized spacial score (nSPS) is 10.6. The van der Waals surface area contributed by atoms with E-state index in [4.69, 9.17) is 9.47 Å². The lowest BCUT2D eigenvalue weighted by molar-refractivity contribution is 0.0741. The molecule has 0 radical (unpaired) electrons. The van der Waals surface area contributed by atoms with Crippen LogP contribution in [-0.4, -0.2) is 35.5 Å². The molecule has 0 atom stereocenters. The van der Waals surface area contributed by atoms with Gasteiger partial charge in [0.15, 0.2) is 11.5 Å². The third-order valence-electron chi connectivity index (χ3n) is 4.38. The average molecular weight is 385 g/mol. The quantitative estimate of drug-likeness (QED) is 0.582. The van der Waals surface area contributed by atoms with Gasteiger partial charge in [-0.1, -0.05) is 19.9 Å². The number of pyridine rings is 1. The Hall–Kier alpha value is -2.56. The monoisotopic (exact) mass is 384 g/mol. The summed E-state index contributed by atoms with van der Waals surface area (Å²) in [6.45, 7) is 12.4. The number of nitrogens with zero attached hydrogens (tertiary/aromatic N) is 2. The lowest BCUT2D eigenvalue weighted by Gasteiger charge is -2.24. The van der Waals surface area contributed by atoms with Crippen LogP contribution in [0.3, 0.4) is 0 Å². The molecule has 1 aromatic carbocycles. The SMILES string of the molecule is CCCOc1ccc(CN(CCC)C(=O)c2ccc(C)nc2C)cc1OCC. The van der Waals surface area contributed by atoms with E-state index in [1.54, 1.807) is 0 Å². The van der Waals surface area contributed by atoms with E-state index in [1.807, 2.05) is 56.0 Å². The predicted octanol–water partition coefficient (Wildman–Crippen LogP) is 4.94. The van der Waals surface area contributed by atoms with E-state index in [0.29, 0.717) is 31.9 Å². The van der Waals surface area contributed by atoms with Gasteiger partial charge in [-0.15, -0.1) is 0 Å². The van der Waals surface area contributed by atoms with Gasteiger partial charge in [-0.2, -0.15) is 0 Å². The van der Waals surface area contributed by atoms with Crippen molar-refractivity contribution in [1.82, 2.24) is 9.88 Å². The molecule has 1 aromatic heterocycles. The van der Waals surface area contributed by atoms with E-state index < -0.39 is 0 Å². The Morgan fingerprint density at radius 3 is 2.43 bits per heavy atom. The third-order valence-corrected chi connectivity index (χ3v) is 4.38. The van der Waals surface area contributed by atoms with Crippen LogP contribution in [0.5, 0.6) is 11.5 Å². The Bertz CT molecular complexity index is 789. The lowest BCUT2D eigenvalue weighted by Crippen LogP contribution is -2.32. The smallest absolute Gasteiger partial charge is 0.255 e. The largest absolute Gasteiger partial charge is 0.490 e. The molecule has 152 valence electrons. The van der Waals surface area contributed by atoms with Crippen molar-refractivity contribution >= 4 is 5.91 Å². The second-order valence-electron chi connectivity index (χ2n) is 6.87. The number of amides is 1. The standard InChI is InChI=1S/C23H32N2O3/c1-6-13-25(23(26)20-11-9-17(4)24-18(20)5)16-19-10-12-21(28-14-7-2)22(15-19)27-8-3/h9-12,15H,6-8,13-14,16H2,1-5H3. The first-order chi connectivity index (χ1) is 13.5. The van der Waals surface area contributed by atoms with E-state index in [0.717, 1.165) is 41.3 Å². The predicted molar refractivity (Wildman–Crippen MR) is 112 cm³/mol. The number of rotatable bonds is 10. The fourth-order valence-corrected chi connectivity index (χ4v) is 3.08. The first kappa shape index (κ1) is 21.7. The average Bonchev–Trinajstić information content (AvgIpc) is 2.67. The van der Waals surface area contributed by atoms with Gasteiger partial charge in [0.1, 0.15) is 0 Å². The molecule has 0 bridgehead atoms. The molecule has 0 N–H and O–H groups in total. The number of benzene rings is 1. The van der Waals surface area contributed by atoms with Gasteiger partial charge in [0.2, 0.25) is 0 Å². The Balaban J connectivity index is 2.25. The number of aryl methyl sites for hydroxylation is 2. The van der Waals surface area contributed by atoms with Crippen molar-refractivity contribution in [3.63, 3.8) is 0 Å². The molecule has 0 aliphatic rings. The van der Waals surface area contributed by atoms with Gasteiger partial charge in [-0.05, 0) is 63.4 Å². The zero-order chi connectivity index (χ0) is 20.5. The zero-order valence-electron chi connectivity index (χ0n) is 17.7. The minimum atomic E-state index is 0.0103. The van der Waals surface area contributed by atoms with E-state index in [-0.39, 0.29) is 5.91 Å². The number of carbonyl (C=O) groups is 1. The summed E-state index contributed by atoms with van der Waals surface area (Å²) in [7, 11) is 0. The minimum Gasteiger partial charge on any atom is -0.490 e. The molecule has 1 heterocycles. The van der Waals surface area contributed by atoms with Crippen LogP contribution >= 0.6 is 0 Å². The first-order valence-electron chi connectivity index (χ1n) is 10.1. The minimum absolute atomic E-state index is 0.0103. The Labute approximate surface area is 168 Å². The van der Waals surface area contributed by atoms with Gasteiger partial charge >= 0.3 is 0 Å². The van der Waals surface area contributed by atoms with Gasteiger partial charge in [-0.25, -0.2) is 0 Å². The van der Waals surface area contributed by atoms with Crippen LogP contribution in [0.15, 0.2) is 30.3 Å². The number of aromatic nitrogens is 1. The van der Waals surface area contributed by atoms with E-state index in [9.17, 15) is 4.79 Å². The number of ether oxygens (including phenoxy) is 2. The molecule has 0 unspecified atom stereocenters. The summed E-state index contributed by atoms with van der Waals surface area (Å²) in [6.07, 6.45) is 1.83. The van der Waals surface area contributed by atoms with Crippen LogP contribution in [0.2, 0.25) is 0 Å². The van der Waals surface area contributed by atoms with Crippen LogP contribution in [-0.2, 0) is 6.54 Å². The number of hydrogen-bond donors (Lipinski definition) is 0. The highest BCUT2D eigenvalue weighted by Crippen LogP contribution is 2.29. The Kier molecular flexibility index (Phi) is 8.30. The molecule has 0 aliphatic heterocycles. The molecule has 0 aliphatic carbocycles. The highest BCUT2D eigenvalue weighted by Gasteiger charge is 2.19. The van der Waals surface area contributed by atoms with Crippen LogP contribution in [0, 0.1) is 13.8 Å². The summed E-state index contributed by atoms with van der Waals surface area (Å²) in [5, 5.41) is 0. The summed E-state index contributed by atoms with van der Waals surface area (Å²) in [5.41, 5.74) is 3.36. The van der Waals surface area contributed by atoms with Gasteiger partial charge in [0.05, 0.1) is 24.5 Å². The summed E-state index contributed by atoms with van der Waals surface area (Å²) < 4.78 is 11.5. The van der Waals surface area contributed by atoms with Crippen molar-refractivity contribution in [2.45, 2.75) is 54.0 Å². The topological polar surface area (TPSA) is 51.7 Å². The maximum absolute atomic E-state index is 13.1. The molecule has 2 aromatic rings. The summed E-state index contributed by atoms with van der Waals surface area (Å²) in [5.74, 6) is 1.49. The first-order valence-corrected chi connectivity index (χ1v) is 10.1. The highest BCUT2D eigenvalue weighted by molar-refractivity contribution is 5.95. The molecular weight excluding hydrogens is 352 g/mol. The van der Waals surface area contributed by atoms with Crippen molar-refractivity contribution in [2.75, 3.05) is 19.8 Å². The highest BCUT2D eigenvalue weighted by atomic mass is 16.5. The van der Waals surface area contributed by atoms with Crippen molar-refractivity contribution in [1.29, 1.82) is 0 Å². The maximum atomic E-state index is 13.1. The second kappa shape index (κ2) is 10.7. The molecule has 0 saturated carbocycles. The summed E-state index contributed by atoms with van der Waals surface area (Å²) in [4.78, 5) is 19.4. The molecule has 0 spiro atoms. The molecule has 2 rings (SSSR count). The Morgan fingerprint density at radius 1 is 1.00 bits per heavy atom. The third kappa shape index (κ3) is 5.72. The second-order valence-corrected chi connectivity index (χ2v) is 6.87. The number of hydrogen-bond acceptors (Lipinski definition) is 4. The lowest BCUT2D eigenvalue weighted by atomic mass is 10.1. The van der Waals surface area contributed by atoms with Crippen LogP contribution in [0.1, 0.15) is 60.9 Å². The Morgan fingerprint density at radius 2 is 1.79 bits per heavy atom. The van der Waals surface area contributed by atoms with Gasteiger partial charge < -0.3 is 14.4 Å². The van der Waals surface area contributed by atoms with Crippen LogP contribution in [0.4, 0.5) is 0 Å². The summed E-state index contributed by atoms with van der Waals surface area (Å²) >= 11 is 0. The van der Waals surface area contributed by atoms with Crippen molar-refractivity contribution in [2.24, 2.45) is 0 Å². The maximum Gasteiger partial charge on any atom is 0.255 e. The number of carbonyl (C=O) groups excluding carboxylic acids is 1. The molecular formula is C23H32N2O3. The van der Waals surface area contributed by atoms with Crippen LogP contribution < -0.4 is 9.47 Å². The van der Waals surface area contributed by atoms with E-state index in [2.05, 4.69) is 18.8 Å². The van der Waals surface area contributed by atoms with Gasteiger partial charge in [0, 0.05) is 18.8 Å². The molecule has 0 saturated heterocycles. The van der Waals surface area contributed by atoms with E-state index >= 15 is 0 Å². The molecule has 28 heavy (non-hydrogen) atoms. The zero-order valence-corrected chi connectivity index (χ0v) is 17.7. The van der Waals surface area contributed by atoms with Crippen molar-refractivity contribution in [3.05, 3.63) is 52.8 Å². The van der Waals surface area contributed by atoms with Gasteiger partial charge in [0.25, 0.3) is 5.91 Å². The van der Waals surface area contributed by atoms with Crippen molar-refractivity contribution in [3.8, 4) is 11.5 Å². The fourth-order valence-electron chi connectivity index (χ4n) is 3.08. The van der Waals surface area contributed by atoms with E-state index in [1.165, 1.54) is 0 Å². The van der Waals surface area contributed by atoms with Gasteiger partial charge in [-0.3, -0.25) is 9.78 Å². The molecule has 0 fully saturated rings. The molecule has 5 nitrogen and oxygen atoms in total. The van der Waals surface area contributed by atoms with Crippen LogP contribution in [0.25, 0.3) is 0 Å². The molecule has 1 amide bonds. The van der Waals surface area contributed by atoms with Crippen molar-refractivity contribution < 1.29 is 14.3 Å².